The van der Waals surface area contributed by atoms with Crippen LogP contribution < -0.4 is 5.32 Å². The van der Waals surface area contributed by atoms with Crippen LogP contribution in [0.4, 0.5) is 0 Å². The molecule has 1 atom stereocenters. The number of unbranched alkanes of at least 4 members (excludes halogenated alkanes) is 1. The summed E-state index contributed by atoms with van der Waals surface area (Å²) in [6, 6.07) is 0.753. The molecule has 0 aromatic rings. The number of hydrogen-bond donors (Lipinski definition) is 1. The third-order valence-corrected chi connectivity index (χ3v) is 4.65. The maximum absolute atomic E-state index is 3.81. The fraction of sp³-hybridized carbons (Fsp3) is 0.867. The van der Waals surface area contributed by atoms with Gasteiger partial charge < -0.3 is 5.32 Å². The first-order valence-electron chi connectivity index (χ1n) is 7.28. The normalized spacial score (nSPS) is 19.1. The minimum Gasteiger partial charge on any atom is -0.314 e. The molecule has 17 heavy (non-hydrogen) atoms. The molecule has 0 aromatic heterocycles. The van der Waals surface area contributed by atoms with Gasteiger partial charge in [0.25, 0.3) is 0 Å². The molecule has 0 radical (unpaired) electrons. The Hall–Kier alpha value is 0.0500. The first-order chi connectivity index (χ1) is 8.36. The summed E-state index contributed by atoms with van der Waals surface area (Å²) in [6.07, 6.45) is 11.4. The van der Waals surface area contributed by atoms with Crippen molar-refractivity contribution in [3.05, 3.63) is 12.7 Å². The van der Waals surface area contributed by atoms with Gasteiger partial charge in [-0.1, -0.05) is 13.0 Å². The van der Waals surface area contributed by atoms with E-state index in [1.165, 1.54) is 63.0 Å². The van der Waals surface area contributed by atoms with Crippen molar-refractivity contribution in [2.75, 3.05) is 18.1 Å². The molecule has 100 valence electrons. The minimum atomic E-state index is 0.753. The van der Waals surface area contributed by atoms with Crippen LogP contribution in [0.2, 0.25) is 0 Å². The number of allylic oxidation sites excluding steroid dienone is 1. The lowest BCUT2D eigenvalue weighted by molar-refractivity contribution is 0.347. The van der Waals surface area contributed by atoms with Gasteiger partial charge in [0, 0.05) is 6.04 Å². The zero-order chi connectivity index (χ0) is 12.3. The molecule has 1 N–H and O–H groups in total. The average Bonchev–Trinajstić information content (AvgIpc) is 2.37. The molecule has 1 rings (SSSR count). The van der Waals surface area contributed by atoms with Crippen molar-refractivity contribution in [3.63, 3.8) is 0 Å². The van der Waals surface area contributed by atoms with Crippen LogP contribution in [0.5, 0.6) is 0 Å². The first kappa shape index (κ1) is 15.1. The van der Waals surface area contributed by atoms with Gasteiger partial charge in [0.05, 0.1) is 0 Å². The van der Waals surface area contributed by atoms with E-state index in [9.17, 15) is 0 Å². The lowest BCUT2D eigenvalue weighted by atomic mass is 9.92. The minimum absolute atomic E-state index is 0.753. The fourth-order valence-electron chi connectivity index (χ4n) is 2.54. The Balaban J connectivity index is 2.24. The maximum Gasteiger partial charge on any atom is 0.00698 e. The Morgan fingerprint density at radius 2 is 2.18 bits per heavy atom. The van der Waals surface area contributed by atoms with Gasteiger partial charge in [-0.3, -0.25) is 0 Å². The van der Waals surface area contributed by atoms with Crippen molar-refractivity contribution in [1.82, 2.24) is 5.32 Å². The number of nitrogens with one attached hydrogen (secondary N) is 1. The molecular weight excluding hydrogens is 226 g/mol. The second-order valence-electron chi connectivity index (χ2n) is 5.16. The highest BCUT2D eigenvalue weighted by molar-refractivity contribution is 7.99. The molecule has 1 fully saturated rings. The molecule has 1 saturated heterocycles. The Morgan fingerprint density at radius 3 is 2.82 bits per heavy atom. The van der Waals surface area contributed by atoms with Crippen molar-refractivity contribution >= 4 is 11.8 Å². The lowest BCUT2D eigenvalue weighted by Gasteiger charge is -2.27. The largest absolute Gasteiger partial charge is 0.314 e. The van der Waals surface area contributed by atoms with E-state index in [-0.39, 0.29) is 0 Å². The summed E-state index contributed by atoms with van der Waals surface area (Å²) in [5, 5.41) is 3.73. The van der Waals surface area contributed by atoms with Crippen molar-refractivity contribution in [1.29, 1.82) is 0 Å². The summed E-state index contributed by atoms with van der Waals surface area (Å²) in [7, 11) is 0. The predicted octanol–water partition coefficient (Wildman–Crippen LogP) is 4.24. The summed E-state index contributed by atoms with van der Waals surface area (Å²) in [6.45, 7) is 7.25. The van der Waals surface area contributed by atoms with Gasteiger partial charge in [0.1, 0.15) is 0 Å². The molecule has 2 heteroatoms. The lowest BCUT2D eigenvalue weighted by Crippen LogP contribution is -2.32. The van der Waals surface area contributed by atoms with E-state index in [0.29, 0.717) is 0 Å². The first-order valence-corrected chi connectivity index (χ1v) is 8.44. The summed E-state index contributed by atoms with van der Waals surface area (Å²) in [4.78, 5) is 0. The summed E-state index contributed by atoms with van der Waals surface area (Å²) in [5.74, 6) is 3.75. The zero-order valence-corrected chi connectivity index (χ0v) is 12.2. The van der Waals surface area contributed by atoms with E-state index in [2.05, 4.69) is 30.6 Å². The highest BCUT2D eigenvalue weighted by Gasteiger charge is 2.18. The molecule has 0 aliphatic carbocycles. The monoisotopic (exact) mass is 255 g/mol. The van der Waals surface area contributed by atoms with Crippen LogP contribution in [0.3, 0.4) is 0 Å². The average molecular weight is 255 g/mol. The number of thioether (sulfide) groups is 1. The van der Waals surface area contributed by atoms with Gasteiger partial charge in [0.15, 0.2) is 0 Å². The van der Waals surface area contributed by atoms with Gasteiger partial charge >= 0.3 is 0 Å². The Labute approximate surface area is 112 Å². The summed E-state index contributed by atoms with van der Waals surface area (Å²) in [5.41, 5.74) is 0. The second kappa shape index (κ2) is 10.0. The van der Waals surface area contributed by atoms with Crippen LogP contribution in [0.15, 0.2) is 12.7 Å². The molecule has 0 aromatic carbocycles. The van der Waals surface area contributed by atoms with Crippen LogP contribution in [0, 0.1) is 5.92 Å². The topological polar surface area (TPSA) is 12.0 Å². The smallest absolute Gasteiger partial charge is 0.00698 e. The predicted molar refractivity (Wildman–Crippen MR) is 80.8 cm³/mol. The molecule has 1 aliphatic heterocycles. The number of hydrogen-bond acceptors (Lipinski definition) is 2. The van der Waals surface area contributed by atoms with Gasteiger partial charge in [-0.15, -0.1) is 6.58 Å². The van der Waals surface area contributed by atoms with Crippen LogP contribution >= 0.6 is 11.8 Å². The third-order valence-electron chi connectivity index (χ3n) is 3.60. The van der Waals surface area contributed by atoms with E-state index in [0.717, 1.165) is 12.0 Å². The van der Waals surface area contributed by atoms with Crippen molar-refractivity contribution in [3.8, 4) is 0 Å². The molecule has 1 aliphatic rings. The maximum atomic E-state index is 3.81. The Morgan fingerprint density at radius 1 is 1.41 bits per heavy atom. The second-order valence-corrected chi connectivity index (χ2v) is 6.39. The quantitative estimate of drug-likeness (QED) is 0.488. The van der Waals surface area contributed by atoms with Gasteiger partial charge in [-0.05, 0) is 68.9 Å². The van der Waals surface area contributed by atoms with Crippen LogP contribution in [0.25, 0.3) is 0 Å². The summed E-state index contributed by atoms with van der Waals surface area (Å²) < 4.78 is 0. The van der Waals surface area contributed by atoms with E-state index in [1.807, 2.05) is 6.08 Å². The summed E-state index contributed by atoms with van der Waals surface area (Å²) >= 11 is 2.13. The molecular formula is C15H29NS. The highest BCUT2D eigenvalue weighted by atomic mass is 32.2. The molecule has 0 amide bonds. The zero-order valence-electron chi connectivity index (χ0n) is 11.4. The molecule has 1 heterocycles. The molecule has 1 unspecified atom stereocenters. The van der Waals surface area contributed by atoms with E-state index < -0.39 is 0 Å². The molecule has 0 bridgehead atoms. The molecule has 1 nitrogen and oxygen atoms in total. The SMILES string of the molecule is C=CCCCC(CC1CCSCC1)NCCC. The molecule has 0 spiro atoms. The van der Waals surface area contributed by atoms with Crippen molar-refractivity contribution < 1.29 is 0 Å². The van der Waals surface area contributed by atoms with Crippen LogP contribution in [-0.2, 0) is 0 Å². The van der Waals surface area contributed by atoms with Crippen LogP contribution in [-0.4, -0.2) is 24.1 Å². The standard InChI is InChI=1S/C15H29NS/c1-3-5-6-7-15(16-10-4-2)13-14-8-11-17-12-9-14/h3,14-16H,1,4-13H2,2H3. The molecule has 0 saturated carbocycles. The Kier molecular flexibility index (Phi) is 8.90. The fourth-order valence-corrected chi connectivity index (χ4v) is 3.75. The van der Waals surface area contributed by atoms with Gasteiger partial charge in [-0.25, -0.2) is 0 Å². The number of rotatable bonds is 9. The van der Waals surface area contributed by atoms with Crippen molar-refractivity contribution in [2.24, 2.45) is 5.92 Å². The van der Waals surface area contributed by atoms with E-state index in [1.54, 1.807) is 0 Å². The van der Waals surface area contributed by atoms with E-state index >= 15 is 0 Å². The van der Waals surface area contributed by atoms with Gasteiger partial charge in [0.2, 0.25) is 0 Å². The van der Waals surface area contributed by atoms with E-state index in [4.69, 9.17) is 0 Å². The Bertz CT molecular complexity index is 187. The third kappa shape index (κ3) is 7.15. The highest BCUT2D eigenvalue weighted by Crippen LogP contribution is 2.27. The van der Waals surface area contributed by atoms with Gasteiger partial charge in [-0.2, -0.15) is 11.8 Å². The van der Waals surface area contributed by atoms with Crippen molar-refractivity contribution in [2.45, 2.75) is 57.9 Å². The van der Waals surface area contributed by atoms with Crippen LogP contribution in [0.1, 0.15) is 51.9 Å².